The Balaban J connectivity index is 2.03. The lowest BCUT2D eigenvalue weighted by Gasteiger charge is -2.19. The van der Waals surface area contributed by atoms with E-state index >= 15 is 0 Å². The van der Waals surface area contributed by atoms with Crippen LogP contribution in [0.4, 0.5) is 0 Å². The zero-order chi connectivity index (χ0) is 12.5. The Kier molecular flexibility index (Phi) is 7.21. The minimum absolute atomic E-state index is 0.105. The summed E-state index contributed by atoms with van der Waals surface area (Å²) in [6.45, 7) is 8.68. The molecule has 1 aliphatic rings. The van der Waals surface area contributed by atoms with E-state index < -0.39 is 0 Å². The maximum atomic E-state index is 11.5. The zero-order valence-corrected chi connectivity index (χ0v) is 11.3. The molecule has 1 heterocycles. The second-order valence-electron chi connectivity index (χ2n) is 5.14. The average Bonchev–Trinajstić information content (AvgIpc) is 2.55. The molecule has 1 rings (SSSR count). The second kappa shape index (κ2) is 8.48. The number of hydrogen-bond acceptors (Lipinski definition) is 3. The van der Waals surface area contributed by atoms with E-state index in [1.807, 2.05) is 13.8 Å². The minimum Gasteiger partial charge on any atom is -0.354 e. The van der Waals surface area contributed by atoms with Gasteiger partial charge in [0, 0.05) is 19.1 Å². The average molecular weight is 241 g/mol. The number of rotatable bonds is 6. The number of likely N-dealkylation sites (tertiary alicyclic amines) is 1. The molecule has 1 fully saturated rings. The Morgan fingerprint density at radius 3 is 2.41 bits per heavy atom. The molecule has 2 N–H and O–H groups in total. The molecule has 0 aromatic carbocycles. The van der Waals surface area contributed by atoms with Gasteiger partial charge in [-0.3, -0.25) is 4.79 Å². The van der Waals surface area contributed by atoms with Gasteiger partial charge in [-0.15, -0.1) is 0 Å². The van der Waals surface area contributed by atoms with E-state index in [1.165, 1.54) is 38.8 Å². The highest BCUT2D eigenvalue weighted by Crippen LogP contribution is 2.08. The quantitative estimate of drug-likeness (QED) is 0.728. The molecule has 1 amide bonds. The van der Waals surface area contributed by atoms with E-state index in [0.29, 0.717) is 12.6 Å². The Bertz CT molecular complexity index is 211. The van der Waals surface area contributed by atoms with Crippen LogP contribution in [0.1, 0.15) is 39.5 Å². The fourth-order valence-electron chi connectivity index (χ4n) is 2.07. The number of carbonyl (C=O) groups is 1. The molecule has 0 unspecified atom stereocenters. The highest BCUT2D eigenvalue weighted by Gasteiger charge is 2.08. The molecule has 1 saturated heterocycles. The van der Waals surface area contributed by atoms with Crippen molar-refractivity contribution < 1.29 is 4.79 Å². The number of nitrogens with one attached hydrogen (secondary N) is 2. The number of hydrogen-bond donors (Lipinski definition) is 2. The van der Waals surface area contributed by atoms with Gasteiger partial charge in [0.2, 0.25) is 5.91 Å². The topological polar surface area (TPSA) is 44.4 Å². The normalized spacial score (nSPS) is 18.1. The molecule has 0 aromatic rings. The number of nitrogens with zero attached hydrogens (tertiary/aromatic N) is 1. The van der Waals surface area contributed by atoms with Gasteiger partial charge < -0.3 is 15.5 Å². The molecule has 0 bridgehead atoms. The number of carbonyl (C=O) groups excluding carboxylic acids is 1. The van der Waals surface area contributed by atoms with Crippen molar-refractivity contribution in [3.05, 3.63) is 0 Å². The van der Waals surface area contributed by atoms with Gasteiger partial charge in [-0.2, -0.15) is 0 Å². The molecule has 0 saturated carbocycles. The molecule has 0 atom stereocenters. The van der Waals surface area contributed by atoms with Crippen LogP contribution in [-0.4, -0.2) is 49.6 Å². The molecule has 0 aromatic heterocycles. The molecule has 0 radical (unpaired) electrons. The zero-order valence-electron chi connectivity index (χ0n) is 11.3. The van der Waals surface area contributed by atoms with Crippen molar-refractivity contribution in [3.63, 3.8) is 0 Å². The minimum atomic E-state index is 0.105. The van der Waals surface area contributed by atoms with Crippen LogP contribution in [0, 0.1) is 0 Å². The molecule has 4 heteroatoms. The van der Waals surface area contributed by atoms with Crippen molar-refractivity contribution in [1.29, 1.82) is 0 Å². The summed E-state index contributed by atoms with van der Waals surface area (Å²) in [6.07, 6.45) is 5.34. The first-order chi connectivity index (χ1) is 8.18. The molecule has 0 spiro atoms. The van der Waals surface area contributed by atoms with Gasteiger partial charge in [-0.25, -0.2) is 0 Å². The molecular formula is C13H27N3O. The molecule has 100 valence electrons. The van der Waals surface area contributed by atoms with E-state index in [2.05, 4.69) is 15.5 Å². The first kappa shape index (κ1) is 14.5. The van der Waals surface area contributed by atoms with Crippen molar-refractivity contribution in [2.24, 2.45) is 0 Å². The Morgan fingerprint density at radius 2 is 1.82 bits per heavy atom. The third-order valence-corrected chi connectivity index (χ3v) is 3.12. The van der Waals surface area contributed by atoms with Gasteiger partial charge >= 0.3 is 0 Å². The van der Waals surface area contributed by atoms with Crippen LogP contribution >= 0.6 is 0 Å². The maximum Gasteiger partial charge on any atom is 0.234 e. The van der Waals surface area contributed by atoms with Crippen LogP contribution < -0.4 is 10.6 Å². The summed E-state index contributed by atoms with van der Waals surface area (Å²) in [6, 6.07) is 0.367. The maximum absolute atomic E-state index is 11.5. The smallest absolute Gasteiger partial charge is 0.234 e. The van der Waals surface area contributed by atoms with Gasteiger partial charge in [-0.05, 0) is 25.9 Å². The van der Waals surface area contributed by atoms with Crippen LogP contribution in [0.2, 0.25) is 0 Å². The largest absolute Gasteiger partial charge is 0.354 e. The van der Waals surface area contributed by atoms with Crippen molar-refractivity contribution in [1.82, 2.24) is 15.5 Å². The summed E-state index contributed by atoms with van der Waals surface area (Å²) in [4.78, 5) is 13.9. The third-order valence-electron chi connectivity index (χ3n) is 3.12. The summed E-state index contributed by atoms with van der Waals surface area (Å²) >= 11 is 0. The highest BCUT2D eigenvalue weighted by molar-refractivity contribution is 5.77. The van der Waals surface area contributed by atoms with Crippen LogP contribution in [0.3, 0.4) is 0 Å². The first-order valence-electron chi connectivity index (χ1n) is 6.91. The Hall–Kier alpha value is -0.610. The lowest BCUT2D eigenvalue weighted by atomic mass is 10.2. The second-order valence-corrected chi connectivity index (χ2v) is 5.14. The van der Waals surface area contributed by atoms with E-state index in [9.17, 15) is 4.79 Å². The molecule has 4 nitrogen and oxygen atoms in total. The first-order valence-corrected chi connectivity index (χ1v) is 6.91. The van der Waals surface area contributed by atoms with E-state index in [1.54, 1.807) is 0 Å². The van der Waals surface area contributed by atoms with Crippen LogP contribution in [-0.2, 0) is 4.79 Å². The monoisotopic (exact) mass is 241 g/mol. The Labute approximate surface area is 105 Å². The van der Waals surface area contributed by atoms with Crippen LogP contribution in [0.5, 0.6) is 0 Å². The van der Waals surface area contributed by atoms with Gasteiger partial charge in [0.1, 0.15) is 0 Å². The summed E-state index contributed by atoms with van der Waals surface area (Å²) in [5, 5.41) is 6.08. The van der Waals surface area contributed by atoms with Crippen molar-refractivity contribution in [2.75, 3.05) is 32.7 Å². The van der Waals surface area contributed by atoms with Crippen molar-refractivity contribution in [3.8, 4) is 0 Å². The summed E-state index contributed by atoms with van der Waals surface area (Å²) in [5.74, 6) is 0.105. The molecular weight excluding hydrogens is 214 g/mol. The van der Waals surface area contributed by atoms with Crippen molar-refractivity contribution in [2.45, 2.75) is 45.6 Å². The summed E-state index contributed by atoms with van der Waals surface area (Å²) in [7, 11) is 0. The number of amides is 1. The SMILES string of the molecule is CC(C)NCC(=O)NCCN1CCCCCC1. The van der Waals surface area contributed by atoms with Gasteiger partial charge in [0.25, 0.3) is 0 Å². The van der Waals surface area contributed by atoms with E-state index in [0.717, 1.165) is 13.1 Å². The predicted octanol–water partition coefficient (Wildman–Crippen LogP) is 0.977. The standard InChI is InChI=1S/C13H27N3O/c1-12(2)15-11-13(17)14-7-10-16-8-5-3-4-6-9-16/h12,15H,3-11H2,1-2H3,(H,14,17). The van der Waals surface area contributed by atoms with Crippen LogP contribution in [0.25, 0.3) is 0 Å². The van der Waals surface area contributed by atoms with Gasteiger partial charge in [0.05, 0.1) is 6.54 Å². The van der Waals surface area contributed by atoms with Crippen LogP contribution in [0.15, 0.2) is 0 Å². The lowest BCUT2D eigenvalue weighted by molar-refractivity contribution is -0.120. The fourth-order valence-corrected chi connectivity index (χ4v) is 2.07. The Morgan fingerprint density at radius 1 is 1.18 bits per heavy atom. The third kappa shape index (κ3) is 7.34. The molecule has 0 aliphatic carbocycles. The van der Waals surface area contributed by atoms with Crippen molar-refractivity contribution >= 4 is 5.91 Å². The van der Waals surface area contributed by atoms with Gasteiger partial charge in [0.15, 0.2) is 0 Å². The molecule has 17 heavy (non-hydrogen) atoms. The summed E-state index contributed by atoms with van der Waals surface area (Å²) < 4.78 is 0. The van der Waals surface area contributed by atoms with Gasteiger partial charge in [-0.1, -0.05) is 26.7 Å². The molecule has 1 aliphatic heterocycles. The highest BCUT2D eigenvalue weighted by atomic mass is 16.1. The summed E-state index contributed by atoms with van der Waals surface area (Å²) in [5.41, 5.74) is 0. The van der Waals surface area contributed by atoms with E-state index in [-0.39, 0.29) is 5.91 Å². The predicted molar refractivity (Wildman–Crippen MR) is 71.1 cm³/mol. The lowest BCUT2D eigenvalue weighted by Crippen LogP contribution is -2.40. The fraction of sp³-hybridized carbons (Fsp3) is 0.923. The van der Waals surface area contributed by atoms with E-state index in [4.69, 9.17) is 0 Å².